The number of carbonyl (C=O) groups excluding carboxylic acids is 2. The number of ether oxygens (including phenoxy) is 1. The van der Waals surface area contributed by atoms with Crippen LogP contribution in [0.15, 0.2) is 59.9 Å². The average molecular weight is 572 g/mol. The fraction of sp³-hybridized carbons (Fsp3) is 0.292. The summed E-state index contributed by atoms with van der Waals surface area (Å²) in [7, 11) is -4.38. The van der Waals surface area contributed by atoms with Crippen molar-refractivity contribution in [1.82, 2.24) is 29.0 Å². The number of fused-ring (bicyclic) bond motifs is 1. The number of oxazole rings is 1. The van der Waals surface area contributed by atoms with E-state index in [0.717, 1.165) is 0 Å². The number of aromatic nitrogens is 4. The molecule has 1 amide bonds. The quantitative estimate of drug-likeness (QED) is 0.157. The highest BCUT2D eigenvalue weighted by atomic mass is 32.2. The van der Waals surface area contributed by atoms with E-state index < -0.39 is 59.4 Å². The van der Waals surface area contributed by atoms with Gasteiger partial charge in [0.1, 0.15) is 23.8 Å². The smallest absolute Gasteiger partial charge is 0.301 e. The molecule has 4 atom stereocenters. The topological polar surface area (TPSA) is 225 Å². The molecule has 1 aromatic carbocycles. The molecule has 16 heteroatoms. The maximum atomic E-state index is 12.7. The van der Waals surface area contributed by atoms with Gasteiger partial charge in [-0.3, -0.25) is 14.2 Å². The summed E-state index contributed by atoms with van der Waals surface area (Å²) >= 11 is 0. The molecule has 4 aromatic rings. The largest absolute Gasteiger partial charge is 0.443 e. The first-order valence-electron chi connectivity index (χ1n) is 12.0. The van der Waals surface area contributed by atoms with Crippen LogP contribution in [0.5, 0.6) is 0 Å². The Hall–Kier alpha value is -4.22. The Kier molecular flexibility index (Phi) is 7.59. The minimum Gasteiger partial charge on any atom is -0.443 e. The van der Waals surface area contributed by atoms with Crippen LogP contribution in [0.4, 0.5) is 5.69 Å². The number of imidazole rings is 1. The van der Waals surface area contributed by atoms with Crippen molar-refractivity contribution in [2.45, 2.75) is 37.4 Å². The highest BCUT2D eigenvalue weighted by Crippen LogP contribution is 2.32. The van der Waals surface area contributed by atoms with Crippen molar-refractivity contribution in [2.75, 3.05) is 12.3 Å². The van der Waals surface area contributed by atoms with E-state index >= 15 is 0 Å². The lowest BCUT2D eigenvalue weighted by Gasteiger charge is -2.16. The van der Waals surface area contributed by atoms with E-state index in [-0.39, 0.29) is 6.42 Å². The van der Waals surface area contributed by atoms with Gasteiger partial charge >= 0.3 is 10.2 Å². The predicted octanol–water partition coefficient (Wildman–Crippen LogP) is -0.0986. The number of Topliss-reactive ketones (excluding diaryl/α,β-unsaturated/α-hetero) is 1. The second-order valence-corrected chi connectivity index (χ2v) is 10.5. The van der Waals surface area contributed by atoms with Crippen LogP contribution in [-0.2, 0) is 19.7 Å². The Bertz CT molecular complexity index is 1640. The van der Waals surface area contributed by atoms with Crippen molar-refractivity contribution in [3.8, 4) is 11.3 Å². The molecular weight excluding hydrogens is 546 g/mol. The molecule has 4 heterocycles. The van der Waals surface area contributed by atoms with Gasteiger partial charge in [0, 0.05) is 36.7 Å². The third-order valence-corrected chi connectivity index (χ3v) is 7.37. The molecule has 3 aromatic heterocycles. The Morgan fingerprint density at radius 3 is 2.67 bits per heavy atom. The van der Waals surface area contributed by atoms with Gasteiger partial charge in [-0.25, -0.2) is 19.7 Å². The Morgan fingerprint density at radius 2 is 1.90 bits per heavy atom. The molecule has 0 aliphatic carbocycles. The summed E-state index contributed by atoms with van der Waals surface area (Å²) in [4.78, 5) is 37.2. The Morgan fingerprint density at radius 1 is 1.10 bits per heavy atom. The summed E-state index contributed by atoms with van der Waals surface area (Å²) in [6.45, 7) is -0.469. The summed E-state index contributed by atoms with van der Waals surface area (Å²) in [5, 5.41) is 21.0. The molecule has 1 aliphatic heterocycles. The number of pyridine rings is 1. The monoisotopic (exact) mass is 571 g/mol. The van der Waals surface area contributed by atoms with Crippen LogP contribution < -0.4 is 15.2 Å². The zero-order valence-corrected chi connectivity index (χ0v) is 21.6. The van der Waals surface area contributed by atoms with Crippen LogP contribution in [0.3, 0.4) is 0 Å². The molecule has 0 bridgehead atoms. The van der Waals surface area contributed by atoms with E-state index in [0.29, 0.717) is 33.7 Å². The van der Waals surface area contributed by atoms with Crippen LogP contribution in [0, 0.1) is 0 Å². The van der Waals surface area contributed by atoms with E-state index in [9.17, 15) is 28.2 Å². The number of carbonyl (C=O) groups is 2. The van der Waals surface area contributed by atoms with E-state index in [4.69, 9.17) is 14.9 Å². The molecule has 0 spiro atoms. The number of nitrogens with two attached hydrogens (primary N) is 1. The van der Waals surface area contributed by atoms with Crippen molar-refractivity contribution >= 4 is 38.8 Å². The molecule has 6 N–H and O–H groups in total. The fourth-order valence-electron chi connectivity index (χ4n) is 4.35. The number of nitrogens with one attached hydrogen (secondary N) is 2. The van der Waals surface area contributed by atoms with E-state index in [2.05, 4.69) is 19.7 Å². The number of amides is 1. The molecule has 1 fully saturated rings. The molecule has 0 radical (unpaired) electrons. The minimum absolute atomic E-state index is 0.262. The molecule has 1 aliphatic rings. The standard InChI is InChI=1S/C24H25N7O8S/c25-15-7-8-27-23-20(15)28-11-31(23)24-22(35)21(34)18(39-24)10-29-40(36,37)30-19(33)6-5-16(32)13-3-1-2-4-14(13)17-9-26-12-38-17/h1-4,7-9,11-12,18,21-22,24,29,34-35H,5-6,10H2,(H2,25,27)(H,30,33)/t18-,21-,22-,24-/m1/s1. The van der Waals surface area contributed by atoms with Gasteiger partial charge in [-0.05, 0) is 6.07 Å². The zero-order valence-electron chi connectivity index (χ0n) is 20.7. The highest BCUT2D eigenvalue weighted by molar-refractivity contribution is 7.88. The summed E-state index contributed by atoms with van der Waals surface area (Å²) in [5.74, 6) is -0.930. The van der Waals surface area contributed by atoms with Crippen molar-refractivity contribution in [1.29, 1.82) is 0 Å². The van der Waals surface area contributed by atoms with E-state index in [1.54, 1.807) is 30.3 Å². The first kappa shape index (κ1) is 27.4. The summed E-state index contributed by atoms with van der Waals surface area (Å²) in [6, 6.07) is 8.17. The van der Waals surface area contributed by atoms with Gasteiger partial charge < -0.3 is 25.1 Å². The first-order valence-corrected chi connectivity index (χ1v) is 13.5. The number of anilines is 1. The highest BCUT2D eigenvalue weighted by Gasteiger charge is 2.44. The van der Waals surface area contributed by atoms with Gasteiger partial charge in [-0.1, -0.05) is 24.3 Å². The van der Waals surface area contributed by atoms with Crippen molar-refractivity contribution in [3.63, 3.8) is 0 Å². The SMILES string of the molecule is Nc1ccnc2c1ncn2[C@@H]1O[C@H](CNS(=O)(=O)NC(=O)CCC(=O)c2ccccc2-c2cnco2)[C@@H](O)[C@H]1O. The maximum absolute atomic E-state index is 12.7. The second kappa shape index (κ2) is 11.1. The molecule has 15 nitrogen and oxygen atoms in total. The van der Waals surface area contributed by atoms with E-state index in [1.165, 1.54) is 29.7 Å². The number of aliphatic hydroxyl groups is 2. The number of ketones is 1. The molecule has 0 unspecified atom stereocenters. The Balaban J connectivity index is 1.15. The summed E-state index contributed by atoms with van der Waals surface area (Å²) in [5.41, 5.74) is 7.73. The molecule has 0 saturated carbocycles. The van der Waals surface area contributed by atoms with Crippen molar-refractivity contribution in [2.24, 2.45) is 0 Å². The number of hydrogen-bond acceptors (Lipinski definition) is 12. The van der Waals surface area contributed by atoms with Gasteiger partial charge in [-0.2, -0.15) is 13.1 Å². The van der Waals surface area contributed by atoms with Crippen LogP contribution in [0.25, 0.3) is 22.5 Å². The average Bonchev–Trinajstić information content (AvgIpc) is 3.67. The predicted molar refractivity (Wildman–Crippen MR) is 138 cm³/mol. The van der Waals surface area contributed by atoms with Crippen LogP contribution in [-0.4, -0.2) is 74.7 Å². The second-order valence-electron chi connectivity index (χ2n) is 8.98. The van der Waals surface area contributed by atoms with Crippen molar-refractivity contribution < 1.29 is 37.4 Å². The van der Waals surface area contributed by atoms with Gasteiger partial charge in [-0.15, -0.1) is 0 Å². The molecule has 40 heavy (non-hydrogen) atoms. The first-order chi connectivity index (χ1) is 19.1. The number of nitrogens with zero attached hydrogens (tertiary/aromatic N) is 4. The minimum atomic E-state index is -4.38. The molecule has 5 rings (SSSR count). The number of benzene rings is 1. The lowest BCUT2D eigenvalue weighted by Crippen LogP contribution is -2.45. The summed E-state index contributed by atoms with van der Waals surface area (Å²) < 4.78 is 41.2. The zero-order chi connectivity index (χ0) is 28.4. The molecule has 1 saturated heterocycles. The van der Waals surface area contributed by atoms with Crippen molar-refractivity contribution in [3.05, 3.63) is 61.0 Å². The third-order valence-electron chi connectivity index (χ3n) is 6.33. The Labute approximate surface area is 227 Å². The van der Waals surface area contributed by atoms with Gasteiger partial charge in [0.25, 0.3) is 0 Å². The van der Waals surface area contributed by atoms with Crippen LogP contribution in [0.1, 0.15) is 29.4 Å². The number of rotatable bonds is 10. The number of hydrogen-bond donors (Lipinski definition) is 5. The third kappa shape index (κ3) is 5.56. The molecule has 210 valence electrons. The van der Waals surface area contributed by atoms with Gasteiger partial charge in [0.2, 0.25) is 5.91 Å². The summed E-state index contributed by atoms with van der Waals surface area (Å²) in [6.07, 6.45) is -0.389. The van der Waals surface area contributed by atoms with Crippen LogP contribution >= 0.6 is 0 Å². The lowest BCUT2D eigenvalue weighted by atomic mass is 9.99. The van der Waals surface area contributed by atoms with Crippen LogP contribution in [0.2, 0.25) is 0 Å². The fourth-order valence-corrected chi connectivity index (χ4v) is 5.21. The normalized spacial score (nSPS) is 21.1. The lowest BCUT2D eigenvalue weighted by molar-refractivity contribution is -0.119. The number of aliphatic hydroxyl groups excluding tert-OH is 2. The maximum Gasteiger partial charge on any atom is 0.301 e. The number of nitrogen functional groups attached to an aromatic ring is 1. The van der Waals surface area contributed by atoms with Gasteiger partial charge in [0.15, 0.2) is 29.8 Å². The van der Waals surface area contributed by atoms with Gasteiger partial charge in [0.05, 0.1) is 18.2 Å². The molecular formula is C24H25N7O8S. The van der Waals surface area contributed by atoms with E-state index in [1.807, 2.05) is 4.72 Å².